The quantitative estimate of drug-likeness (QED) is 0.305. The Morgan fingerprint density at radius 3 is 2.71 bits per heavy atom. The summed E-state index contributed by atoms with van der Waals surface area (Å²) in [5.41, 5.74) is 1.58. The van der Waals surface area contributed by atoms with Crippen molar-refractivity contribution in [3.8, 4) is 0 Å². The Bertz CT molecular complexity index is 1180. The van der Waals surface area contributed by atoms with Crippen LogP contribution in [0, 0.1) is 13.8 Å². The molecule has 0 aliphatic carbocycles. The van der Waals surface area contributed by atoms with Crippen LogP contribution in [0.25, 0.3) is 10.2 Å². The molecule has 0 atom stereocenters. The van der Waals surface area contributed by atoms with Crippen molar-refractivity contribution in [3.63, 3.8) is 0 Å². The van der Waals surface area contributed by atoms with E-state index >= 15 is 0 Å². The van der Waals surface area contributed by atoms with E-state index in [-0.39, 0.29) is 22.8 Å². The highest BCUT2D eigenvalue weighted by Crippen LogP contribution is 2.28. The van der Waals surface area contributed by atoms with Gasteiger partial charge in [-0.1, -0.05) is 37.2 Å². The molecule has 7 nitrogen and oxygen atoms in total. The van der Waals surface area contributed by atoms with Crippen LogP contribution in [0.2, 0.25) is 0 Å². The van der Waals surface area contributed by atoms with Crippen molar-refractivity contribution >= 4 is 50.9 Å². The molecule has 0 unspecified atom stereocenters. The zero-order chi connectivity index (χ0) is 22.5. The third kappa shape index (κ3) is 4.99. The number of hydrogen-bond donors (Lipinski definition) is 1. The maximum atomic E-state index is 13.1. The summed E-state index contributed by atoms with van der Waals surface area (Å²) in [6.45, 7) is 6.55. The minimum Gasteiger partial charge on any atom is -0.465 e. The van der Waals surface area contributed by atoms with Gasteiger partial charge in [0.1, 0.15) is 4.83 Å². The number of unbranched alkanes of at least 4 members (excludes halogenated alkanes) is 1. The summed E-state index contributed by atoms with van der Waals surface area (Å²) >= 11 is 2.71. The highest BCUT2D eigenvalue weighted by Gasteiger charge is 2.18. The number of amides is 1. The molecule has 0 saturated heterocycles. The van der Waals surface area contributed by atoms with Gasteiger partial charge in [0.05, 0.1) is 29.5 Å². The number of benzene rings is 1. The fourth-order valence-corrected chi connectivity index (χ4v) is 5.02. The highest BCUT2D eigenvalue weighted by molar-refractivity contribution is 7.99. The largest absolute Gasteiger partial charge is 0.465 e. The van der Waals surface area contributed by atoms with Gasteiger partial charge in [-0.05, 0) is 38.0 Å². The first kappa shape index (κ1) is 23.0. The zero-order valence-corrected chi connectivity index (χ0v) is 19.6. The molecule has 3 rings (SSSR count). The summed E-state index contributed by atoms with van der Waals surface area (Å²) in [5.74, 6) is -0.757. The van der Waals surface area contributed by atoms with Crippen LogP contribution < -0.4 is 10.9 Å². The smallest absolute Gasteiger partial charge is 0.339 e. The SMILES string of the molecule is CCCCn1c(SCC(=O)Nc2ccccc2C(=O)OC)nc2sc(C)c(C)c2c1=O. The second-order valence-electron chi connectivity index (χ2n) is 7.04. The number of aryl methyl sites for hydroxylation is 2. The molecule has 164 valence electrons. The lowest BCUT2D eigenvalue weighted by Gasteiger charge is -2.12. The molecule has 3 aromatic rings. The van der Waals surface area contributed by atoms with E-state index in [2.05, 4.69) is 12.2 Å². The lowest BCUT2D eigenvalue weighted by molar-refractivity contribution is -0.113. The number of thioether (sulfide) groups is 1. The maximum absolute atomic E-state index is 13.1. The van der Waals surface area contributed by atoms with Crippen LogP contribution in [0.5, 0.6) is 0 Å². The van der Waals surface area contributed by atoms with Crippen LogP contribution in [-0.2, 0) is 16.1 Å². The molecule has 31 heavy (non-hydrogen) atoms. The van der Waals surface area contributed by atoms with Gasteiger partial charge >= 0.3 is 5.97 Å². The van der Waals surface area contributed by atoms with Gasteiger partial charge in [0.25, 0.3) is 5.56 Å². The van der Waals surface area contributed by atoms with Crippen molar-refractivity contribution < 1.29 is 14.3 Å². The van der Waals surface area contributed by atoms with Crippen molar-refractivity contribution in [2.45, 2.75) is 45.3 Å². The Labute approximate surface area is 188 Å². The van der Waals surface area contributed by atoms with Crippen LogP contribution in [0.1, 0.15) is 40.6 Å². The van der Waals surface area contributed by atoms with Crippen LogP contribution >= 0.6 is 23.1 Å². The fourth-order valence-electron chi connectivity index (χ4n) is 3.13. The molecule has 1 N–H and O–H groups in total. The summed E-state index contributed by atoms with van der Waals surface area (Å²) in [6, 6.07) is 6.67. The van der Waals surface area contributed by atoms with E-state index in [4.69, 9.17) is 9.72 Å². The van der Waals surface area contributed by atoms with Crippen molar-refractivity contribution in [2.75, 3.05) is 18.2 Å². The average Bonchev–Trinajstić information content (AvgIpc) is 3.05. The Hall–Kier alpha value is -2.65. The topological polar surface area (TPSA) is 90.3 Å². The number of fused-ring (bicyclic) bond motifs is 1. The number of aromatic nitrogens is 2. The summed E-state index contributed by atoms with van der Waals surface area (Å²) in [4.78, 5) is 44.1. The molecule has 2 heterocycles. The number of rotatable bonds is 8. The number of nitrogens with zero attached hydrogens (tertiary/aromatic N) is 2. The van der Waals surface area contributed by atoms with Crippen molar-refractivity contribution in [2.24, 2.45) is 0 Å². The number of hydrogen-bond acceptors (Lipinski definition) is 7. The molecular weight excluding hydrogens is 434 g/mol. The van der Waals surface area contributed by atoms with E-state index in [1.54, 1.807) is 28.8 Å². The van der Waals surface area contributed by atoms with Gasteiger partial charge in [-0.3, -0.25) is 14.2 Å². The molecule has 1 amide bonds. The van der Waals surface area contributed by atoms with Gasteiger partial charge in [-0.25, -0.2) is 9.78 Å². The number of anilines is 1. The van der Waals surface area contributed by atoms with E-state index in [1.165, 1.54) is 30.2 Å². The molecule has 0 aliphatic rings. The molecule has 0 spiro atoms. The molecule has 2 aromatic heterocycles. The first-order chi connectivity index (χ1) is 14.9. The number of thiophene rings is 1. The van der Waals surface area contributed by atoms with Crippen molar-refractivity contribution in [3.05, 3.63) is 50.6 Å². The molecular formula is C22H25N3O4S2. The molecule has 0 bridgehead atoms. The van der Waals surface area contributed by atoms with Gasteiger partial charge in [-0.2, -0.15) is 0 Å². The minimum absolute atomic E-state index is 0.0563. The Morgan fingerprint density at radius 2 is 2.00 bits per heavy atom. The fraction of sp³-hybridized carbons (Fsp3) is 0.364. The standard InChI is InChI=1S/C22H25N3O4S2/c1-5-6-11-25-20(27)18-13(2)14(3)31-19(18)24-22(25)30-12-17(26)23-16-10-8-7-9-15(16)21(28)29-4/h7-10H,5-6,11-12H2,1-4H3,(H,23,26). The molecule has 0 aliphatic heterocycles. The zero-order valence-electron chi connectivity index (χ0n) is 18.0. The Morgan fingerprint density at radius 1 is 1.26 bits per heavy atom. The van der Waals surface area contributed by atoms with E-state index in [9.17, 15) is 14.4 Å². The minimum atomic E-state index is -0.521. The van der Waals surface area contributed by atoms with Gasteiger partial charge in [0.15, 0.2) is 5.16 Å². The van der Waals surface area contributed by atoms with E-state index in [1.807, 2.05) is 13.8 Å². The first-order valence-electron chi connectivity index (χ1n) is 9.97. The molecule has 0 fully saturated rings. The van der Waals surface area contributed by atoms with Gasteiger partial charge in [0.2, 0.25) is 5.91 Å². The monoisotopic (exact) mass is 459 g/mol. The van der Waals surface area contributed by atoms with Gasteiger partial charge in [0, 0.05) is 11.4 Å². The number of ether oxygens (including phenoxy) is 1. The average molecular weight is 460 g/mol. The number of esters is 1. The first-order valence-corrected chi connectivity index (χ1v) is 11.8. The maximum Gasteiger partial charge on any atom is 0.339 e. The van der Waals surface area contributed by atoms with Crippen LogP contribution in [0.3, 0.4) is 0 Å². The predicted molar refractivity (Wildman–Crippen MR) is 125 cm³/mol. The van der Waals surface area contributed by atoms with Gasteiger partial charge < -0.3 is 10.1 Å². The number of para-hydroxylation sites is 1. The van der Waals surface area contributed by atoms with E-state index in [0.717, 1.165) is 23.3 Å². The number of carbonyl (C=O) groups is 2. The summed E-state index contributed by atoms with van der Waals surface area (Å²) in [5, 5.41) is 3.95. The number of carbonyl (C=O) groups excluding carboxylic acids is 2. The van der Waals surface area contributed by atoms with Gasteiger partial charge in [-0.15, -0.1) is 11.3 Å². The lowest BCUT2D eigenvalue weighted by Crippen LogP contribution is -2.24. The van der Waals surface area contributed by atoms with E-state index in [0.29, 0.717) is 27.6 Å². The normalized spacial score (nSPS) is 11.0. The molecule has 0 radical (unpaired) electrons. The second kappa shape index (κ2) is 10.1. The third-order valence-electron chi connectivity index (χ3n) is 4.93. The predicted octanol–water partition coefficient (Wildman–Crippen LogP) is 4.39. The summed E-state index contributed by atoms with van der Waals surface area (Å²) in [7, 11) is 1.29. The number of methoxy groups -OCH3 is 1. The third-order valence-corrected chi connectivity index (χ3v) is 7.01. The highest BCUT2D eigenvalue weighted by atomic mass is 32.2. The molecule has 9 heteroatoms. The van der Waals surface area contributed by atoms with Crippen molar-refractivity contribution in [1.82, 2.24) is 9.55 Å². The van der Waals surface area contributed by atoms with E-state index < -0.39 is 5.97 Å². The molecule has 1 aromatic carbocycles. The van der Waals surface area contributed by atoms with Crippen LogP contribution in [-0.4, -0.2) is 34.3 Å². The van der Waals surface area contributed by atoms with Crippen molar-refractivity contribution in [1.29, 1.82) is 0 Å². The summed E-state index contributed by atoms with van der Waals surface area (Å²) < 4.78 is 6.44. The van der Waals surface area contributed by atoms with Crippen LogP contribution in [0.15, 0.2) is 34.2 Å². The summed E-state index contributed by atoms with van der Waals surface area (Å²) in [6.07, 6.45) is 1.79. The van der Waals surface area contributed by atoms with Crippen LogP contribution in [0.4, 0.5) is 5.69 Å². The Kier molecular flexibility index (Phi) is 7.50. The second-order valence-corrected chi connectivity index (χ2v) is 9.19. The Balaban J connectivity index is 1.84. The lowest BCUT2D eigenvalue weighted by atomic mass is 10.2. The number of nitrogens with one attached hydrogen (secondary N) is 1. The molecule has 0 saturated carbocycles.